The van der Waals surface area contributed by atoms with Crippen LogP contribution in [0.2, 0.25) is 0 Å². The minimum atomic E-state index is -0.836. The fourth-order valence-electron chi connectivity index (χ4n) is 4.18. The van der Waals surface area contributed by atoms with Gasteiger partial charge in [0.2, 0.25) is 0 Å². The Morgan fingerprint density at radius 2 is 2.10 bits per heavy atom. The van der Waals surface area contributed by atoms with Crippen molar-refractivity contribution in [2.24, 2.45) is 11.8 Å². The van der Waals surface area contributed by atoms with E-state index in [1.54, 1.807) is 6.07 Å². The number of rotatable bonds is 10. The molecule has 2 aromatic rings. The summed E-state index contributed by atoms with van der Waals surface area (Å²) in [5.41, 5.74) is 2.60. The molecule has 1 aliphatic carbocycles. The third kappa shape index (κ3) is 6.32. The Hall–Kier alpha value is -1.84. The molecule has 0 spiro atoms. The molecule has 0 saturated heterocycles. The topological polar surface area (TPSA) is 37.3 Å². The van der Waals surface area contributed by atoms with Crippen molar-refractivity contribution < 1.29 is 9.90 Å². The van der Waals surface area contributed by atoms with Crippen molar-refractivity contribution in [3.05, 3.63) is 76.0 Å². The van der Waals surface area contributed by atoms with E-state index < -0.39 is 5.97 Å². The van der Waals surface area contributed by atoms with Crippen LogP contribution in [0.5, 0.6) is 0 Å². The third-order valence-electron chi connectivity index (χ3n) is 5.75. The summed E-state index contributed by atoms with van der Waals surface area (Å²) < 4.78 is 0. The maximum atomic E-state index is 11.0. The number of carboxylic acids is 1. The van der Waals surface area contributed by atoms with Gasteiger partial charge in [-0.05, 0) is 80.0 Å². The summed E-state index contributed by atoms with van der Waals surface area (Å²) in [5.74, 6) is 0.180. The Kier molecular flexibility index (Phi) is 8.14. The molecule has 1 N–H and O–H groups in total. The third-order valence-corrected chi connectivity index (χ3v) is 7.42. The fourth-order valence-corrected chi connectivity index (χ4v) is 5.50. The van der Waals surface area contributed by atoms with Crippen LogP contribution in [-0.4, -0.2) is 16.5 Å². The number of thiophene rings is 1. The number of halogens is 1. The molecule has 0 unspecified atom stereocenters. The Bertz CT molecular complexity index is 854. The zero-order valence-corrected chi connectivity index (χ0v) is 18.3. The molecule has 0 amide bonds. The number of benzene rings is 1. The molecule has 0 aliphatic heterocycles. The molecule has 1 fully saturated rings. The van der Waals surface area contributed by atoms with Gasteiger partial charge >= 0.3 is 5.97 Å². The summed E-state index contributed by atoms with van der Waals surface area (Å²) in [7, 11) is 0. The lowest BCUT2D eigenvalue weighted by Crippen LogP contribution is -2.14. The number of carbonyl (C=O) groups is 1. The largest absolute Gasteiger partial charge is 0.477 e. The van der Waals surface area contributed by atoms with Gasteiger partial charge < -0.3 is 5.11 Å². The van der Waals surface area contributed by atoms with E-state index in [2.05, 4.69) is 43.0 Å². The Labute approximate surface area is 182 Å². The number of hydrogen-bond donors (Lipinski definition) is 1. The molecule has 1 aliphatic rings. The van der Waals surface area contributed by atoms with Crippen molar-refractivity contribution in [1.82, 2.24) is 0 Å². The van der Waals surface area contributed by atoms with Gasteiger partial charge in [0.25, 0.3) is 0 Å². The molecule has 1 heterocycles. The Balaban J connectivity index is 1.55. The van der Waals surface area contributed by atoms with Gasteiger partial charge in [-0.3, -0.25) is 0 Å². The van der Waals surface area contributed by atoms with E-state index in [0.29, 0.717) is 16.7 Å². The highest BCUT2D eigenvalue weighted by molar-refractivity contribution is 7.13. The predicted molar refractivity (Wildman–Crippen MR) is 124 cm³/mol. The summed E-state index contributed by atoms with van der Waals surface area (Å²) in [4.78, 5) is 12.6. The molecule has 1 aromatic carbocycles. The number of aromatic carboxylic acids is 1. The fraction of sp³-hybridized carbons (Fsp3) is 0.400. The maximum absolute atomic E-state index is 11.0. The van der Waals surface area contributed by atoms with Crippen LogP contribution in [0.4, 0.5) is 0 Å². The number of aryl methyl sites for hydroxylation is 2. The van der Waals surface area contributed by atoms with Gasteiger partial charge in [0.05, 0.1) is 0 Å². The highest BCUT2D eigenvalue weighted by Crippen LogP contribution is 2.40. The average molecular weight is 429 g/mol. The van der Waals surface area contributed by atoms with E-state index in [-0.39, 0.29) is 5.38 Å². The molecule has 2 nitrogen and oxygen atoms in total. The van der Waals surface area contributed by atoms with Crippen molar-refractivity contribution >= 4 is 35.0 Å². The van der Waals surface area contributed by atoms with Crippen molar-refractivity contribution in [2.45, 2.75) is 50.3 Å². The lowest BCUT2D eigenvalue weighted by molar-refractivity contribution is 0.0702. The van der Waals surface area contributed by atoms with Crippen LogP contribution in [0.3, 0.4) is 0 Å². The maximum Gasteiger partial charge on any atom is 0.345 e. The van der Waals surface area contributed by atoms with Gasteiger partial charge in [-0.1, -0.05) is 42.5 Å². The van der Waals surface area contributed by atoms with Crippen LogP contribution in [-0.2, 0) is 12.8 Å². The minimum Gasteiger partial charge on any atom is -0.477 e. The van der Waals surface area contributed by atoms with Gasteiger partial charge in [0.15, 0.2) is 0 Å². The monoisotopic (exact) mass is 428 g/mol. The molecular formula is C25H29ClO2S. The van der Waals surface area contributed by atoms with E-state index in [1.165, 1.54) is 22.5 Å². The quantitative estimate of drug-likeness (QED) is 0.320. The number of hydrogen-bond acceptors (Lipinski definition) is 2. The highest BCUT2D eigenvalue weighted by Gasteiger charge is 2.32. The van der Waals surface area contributed by atoms with E-state index in [1.807, 2.05) is 12.1 Å². The molecule has 0 radical (unpaired) electrons. The zero-order valence-electron chi connectivity index (χ0n) is 16.7. The van der Waals surface area contributed by atoms with Gasteiger partial charge in [-0.15, -0.1) is 29.5 Å². The van der Waals surface area contributed by atoms with Gasteiger partial charge in [-0.25, -0.2) is 4.79 Å². The molecule has 1 saturated carbocycles. The first-order valence-corrected chi connectivity index (χ1v) is 11.7. The van der Waals surface area contributed by atoms with Crippen LogP contribution >= 0.6 is 22.9 Å². The van der Waals surface area contributed by atoms with E-state index in [4.69, 9.17) is 16.7 Å². The first kappa shape index (κ1) is 21.9. The number of alkyl halides is 1. The molecule has 154 valence electrons. The SMILES string of the molecule is C=CCCc1cccc(/C=C/[C@H]2CC[C@@H](Cl)[C@@H]2CCCc2ccc(C(=O)O)s2)c1. The van der Waals surface area contributed by atoms with Gasteiger partial charge in [-0.2, -0.15) is 0 Å². The minimum absolute atomic E-state index is 0.237. The van der Waals surface area contributed by atoms with Crippen molar-refractivity contribution in [3.8, 4) is 0 Å². The van der Waals surface area contributed by atoms with Crippen molar-refractivity contribution in [3.63, 3.8) is 0 Å². The van der Waals surface area contributed by atoms with E-state index in [0.717, 1.165) is 49.8 Å². The first-order chi connectivity index (χ1) is 14.1. The van der Waals surface area contributed by atoms with E-state index in [9.17, 15) is 4.79 Å². The predicted octanol–water partition coefficient (Wildman–Crippen LogP) is 7.23. The molecule has 3 atom stereocenters. The average Bonchev–Trinajstić information content (AvgIpc) is 3.33. The van der Waals surface area contributed by atoms with Gasteiger partial charge in [0, 0.05) is 10.3 Å². The van der Waals surface area contributed by atoms with Crippen LogP contribution in [0, 0.1) is 11.8 Å². The van der Waals surface area contributed by atoms with E-state index >= 15 is 0 Å². The molecule has 1 aromatic heterocycles. The molecule has 3 rings (SSSR count). The Morgan fingerprint density at radius 3 is 2.86 bits per heavy atom. The molecule has 4 heteroatoms. The Morgan fingerprint density at radius 1 is 1.24 bits per heavy atom. The lowest BCUT2D eigenvalue weighted by atomic mass is 9.90. The normalized spacial score (nSPS) is 21.6. The standard InChI is InChI=1S/C25H29ClO2S/c1-2-3-6-18-7-4-8-19(17-18)11-12-20-13-15-23(26)22(20)10-5-9-21-14-16-24(29-21)25(27)28/h2,4,7-8,11-12,14,16-17,20,22-23H,1,3,5-6,9-10,13,15H2,(H,27,28)/b12-11+/t20-,22+,23+/m0/s1. The van der Waals surface area contributed by atoms with Crippen molar-refractivity contribution in [1.29, 1.82) is 0 Å². The van der Waals surface area contributed by atoms with Crippen molar-refractivity contribution in [2.75, 3.05) is 0 Å². The highest BCUT2D eigenvalue weighted by atomic mass is 35.5. The number of carboxylic acid groups (broad SMARTS) is 1. The number of allylic oxidation sites excluding steroid dienone is 2. The van der Waals surface area contributed by atoms with Crippen LogP contribution in [0.15, 0.2) is 55.1 Å². The van der Waals surface area contributed by atoms with Crippen LogP contribution in [0.1, 0.15) is 57.8 Å². The van der Waals surface area contributed by atoms with Crippen LogP contribution in [0.25, 0.3) is 6.08 Å². The molecular weight excluding hydrogens is 400 g/mol. The summed E-state index contributed by atoms with van der Waals surface area (Å²) in [6, 6.07) is 12.4. The smallest absolute Gasteiger partial charge is 0.345 e. The second-order valence-electron chi connectivity index (χ2n) is 7.82. The van der Waals surface area contributed by atoms with Crippen LogP contribution < -0.4 is 0 Å². The summed E-state index contributed by atoms with van der Waals surface area (Å²) in [6.07, 6.45) is 13.9. The first-order valence-electron chi connectivity index (χ1n) is 10.4. The lowest BCUT2D eigenvalue weighted by Gasteiger charge is -2.19. The molecule has 29 heavy (non-hydrogen) atoms. The summed E-state index contributed by atoms with van der Waals surface area (Å²) in [5, 5.41) is 9.30. The second-order valence-corrected chi connectivity index (χ2v) is 9.54. The molecule has 0 bridgehead atoms. The summed E-state index contributed by atoms with van der Waals surface area (Å²) >= 11 is 8.03. The van der Waals surface area contributed by atoms with Gasteiger partial charge in [0.1, 0.15) is 4.88 Å². The zero-order chi connectivity index (χ0) is 20.6. The summed E-state index contributed by atoms with van der Waals surface area (Å²) in [6.45, 7) is 3.80. The second kappa shape index (κ2) is 10.8.